The Balaban J connectivity index is 2.18. The third kappa shape index (κ3) is 1.67. The summed E-state index contributed by atoms with van der Waals surface area (Å²) in [4.78, 5) is 8.70. The largest absolute Gasteiger partial charge is 0.268 e. The second kappa shape index (κ2) is 3.66. The molecule has 1 aromatic carbocycles. The van der Waals surface area contributed by atoms with E-state index in [1.165, 1.54) is 0 Å². The van der Waals surface area contributed by atoms with E-state index in [1.54, 1.807) is 6.20 Å². The van der Waals surface area contributed by atoms with Crippen LogP contribution in [0.15, 0.2) is 36.7 Å². The van der Waals surface area contributed by atoms with E-state index < -0.39 is 0 Å². The Kier molecular flexibility index (Phi) is 2.14. The van der Waals surface area contributed by atoms with E-state index in [1.807, 2.05) is 43.0 Å². The van der Waals surface area contributed by atoms with Crippen molar-refractivity contribution in [3.63, 3.8) is 0 Å². The molecule has 2 heterocycles. The van der Waals surface area contributed by atoms with Gasteiger partial charge < -0.3 is 0 Å². The predicted octanol–water partition coefficient (Wildman–Crippen LogP) is 2.34. The van der Waals surface area contributed by atoms with Crippen LogP contribution in [-0.4, -0.2) is 19.7 Å². The van der Waals surface area contributed by atoms with Gasteiger partial charge in [0.2, 0.25) is 0 Å². The fraction of sp³-hybridized carbons (Fsp3) is 0.154. The molecule has 3 aromatic rings. The van der Waals surface area contributed by atoms with Gasteiger partial charge in [0.1, 0.15) is 0 Å². The molecule has 0 atom stereocenters. The maximum Gasteiger partial charge on any atom is 0.159 e. The molecule has 0 saturated carbocycles. The van der Waals surface area contributed by atoms with Gasteiger partial charge in [-0.15, -0.1) is 0 Å². The molecule has 2 aromatic heterocycles. The highest BCUT2D eigenvalue weighted by Gasteiger charge is 2.04. The highest BCUT2D eigenvalue weighted by molar-refractivity contribution is 5.83. The van der Waals surface area contributed by atoms with Gasteiger partial charge in [0.25, 0.3) is 0 Å². The summed E-state index contributed by atoms with van der Waals surface area (Å²) in [5, 5.41) is 5.33. The van der Waals surface area contributed by atoms with Gasteiger partial charge in [-0.3, -0.25) is 4.68 Å². The standard InChI is InChI=1S/C13H12N4/c1-9-5-6-14-13(16-9)10-3-4-12-11(7-10)8-15-17(12)2/h3-8H,1-2H3. The smallest absolute Gasteiger partial charge is 0.159 e. The van der Waals surface area contributed by atoms with Crippen LogP contribution in [0, 0.1) is 6.92 Å². The Morgan fingerprint density at radius 1 is 1.18 bits per heavy atom. The van der Waals surface area contributed by atoms with E-state index in [9.17, 15) is 0 Å². The van der Waals surface area contributed by atoms with Crippen LogP contribution in [0.4, 0.5) is 0 Å². The number of fused-ring (bicyclic) bond motifs is 1. The molecule has 3 rings (SSSR count). The van der Waals surface area contributed by atoms with E-state index in [0.29, 0.717) is 0 Å². The van der Waals surface area contributed by atoms with E-state index in [2.05, 4.69) is 21.1 Å². The molecule has 0 radical (unpaired) electrons. The van der Waals surface area contributed by atoms with Gasteiger partial charge in [-0.05, 0) is 31.2 Å². The lowest BCUT2D eigenvalue weighted by molar-refractivity contribution is 0.797. The molecule has 4 nitrogen and oxygen atoms in total. The van der Waals surface area contributed by atoms with E-state index in [-0.39, 0.29) is 0 Å². The van der Waals surface area contributed by atoms with Crippen molar-refractivity contribution in [2.75, 3.05) is 0 Å². The maximum atomic E-state index is 4.42. The van der Waals surface area contributed by atoms with E-state index in [0.717, 1.165) is 28.0 Å². The molecular formula is C13H12N4. The van der Waals surface area contributed by atoms with Crippen LogP contribution in [0.1, 0.15) is 5.69 Å². The number of aryl methyl sites for hydroxylation is 2. The van der Waals surface area contributed by atoms with Crippen molar-refractivity contribution in [2.24, 2.45) is 7.05 Å². The maximum absolute atomic E-state index is 4.42. The van der Waals surface area contributed by atoms with E-state index >= 15 is 0 Å². The summed E-state index contributed by atoms with van der Waals surface area (Å²) < 4.78 is 1.86. The van der Waals surface area contributed by atoms with Crippen molar-refractivity contribution in [2.45, 2.75) is 6.92 Å². The Hall–Kier alpha value is -2.23. The van der Waals surface area contributed by atoms with Crippen LogP contribution in [-0.2, 0) is 7.05 Å². The lowest BCUT2D eigenvalue weighted by atomic mass is 10.1. The predicted molar refractivity (Wildman–Crippen MR) is 66.5 cm³/mol. The minimum absolute atomic E-state index is 0.760. The first kappa shape index (κ1) is 9.96. The number of hydrogen-bond donors (Lipinski definition) is 0. The molecule has 17 heavy (non-hydrogen) atoms. The molecule has 0 spiro atoms. The first-order valence-corrected chi connectivity index (χ1v) is 5.46. The zero-order chi connectivity index (χ0) is 11.8. The molecule has 0 aliphatic rings. The summed E-state index contributed by atoms with van der Waals surface area (Å²) in [6, 6.07) is 8.03. The van der Waals surface area contributed by atoms with Crippen molar-refractivity contribution in [1.29, 1.82) is 0 Å². The van der Waals surface area contributed by atoms with Crippen LogP contribution in [0.5, 0.6) is 0 Å². The van der Waals surface area contributed by atoms with Crippen LogP contribution in [0.25, 0.3) is 22.3 Å². The van der Waals surface area contributed by atoms with Crippen molar-refractivity contribution in [1.82, 2.24) is 19.7 Å². The summed E-state index contributed by atoms with van der Waals surface area (Å²) >= 11 is 0. The van der Waals surface area contributed by atoms with Crippen molar-refractivity contribution in [3.05, 3.63) is 42.4 Å². The summed E-state index contributed by atoms with van der Waals surface area (Å²) in [6.07, 6.45) is 3.64. The first-order valence-electron chi connectivity index (χ1n) is 5.46. The molecule has 0 saturated heterocycles. The fourth-order valence-electron chi connectivity index (χ4n) is 1.89. The molecule has 0 fully saturated rings. The molecule has 0 aliphatic carbocycles. The Bertz CT molecular complexity index is 685. The highest BCUT2D eigenvalue weighted by atomic mass is 15.2. The van der Waals surface area contributed by atoms with Gasteiger partial charge in [0, 0.05) is 29.9 Å². The fourth-order valence-corrected chi connectivity index (χ4v) is 1.89. The quantitative estimate of drug-likeness (QED) is 0.637. The Morgan fingerprint density at radius 2 is 2.06 bits per heavy atom. The van der Waals surface area contributed by atoms with Crippen molar-refractivity contribution < 1.29 is 0 Å². The van der Waals surface area contributed by atoms with Gasteiger partial charge >= 0.3 is 0 Å². The number of hydrogen-bond acceptors (Lipinski definition) is 3. The van der Waals surface area contributed by atoms with Crippen LogP contribution in [0.2, 0.25) is 0 Å². The molecule has 84 valence electrons. The molecular weight excluding hydrogens is 212 g/mol. The molecule has 0 bridgehead atoms. The van der Waals surface area contributed by atoms with E-state index in [4.69, 9.17) is 0 Å². The number of nitrogens with zero attached hydrogens (tertiary/aromatic N) is 4. The summed E-state index contributed by atoms with van der Waals surface area (Å²) in [5.74, 6) is 0.760. The normalized spacial score (nSPS) is 10.9. The van der Waals surface area contributed by atoms with Crippen molar-refractivity contribution in [3.8, 4) is 11.4 Å². The first-order chi connectivity index (χ1) is 8.24. The molecule has 0 unspecified atom stereocenters. The van der Waals surface area contributed by atoms with Gasteiger partial charge in [0.15, 0.2) is 5.82 Å². The lowest BCUT2D eigenvalue weighted by Crippen LogP contribution is -1.91. The Labute approximate surface area is 98.9 Å². The number of aromatic nitrogens is 4. The topological polar surface area (TPSA) is 43.6 Å². The van der Waals surface area contributed by atoms with Crippen LogP contribution >= 0.6 is 0 Å². The summed E-state index contributed by atoms with van der Waals surface area (Å²) in [5.41, 5.74) is 3.11. The molecule has 4 heteroatoms. The van der Waals surface area contributed by atoms with Gasteiger partial charge in [-0.25, -0.2) is 9.97 Å². The van der Waals surface area contributed by atoms with Gasteiger partial charge in [-0.2, -0.15) is 5.10 Å². The van der Waals surface area contributed by atoms with Gasteiger partial charge in [-0.1, -0.05) is 0 Å². The molecule has 0 aliphatic heterocycles. The third-order valence-electron chi connectivity index (χ3n) is 2.80. The third-order valence-corrected chi connectivity index (χ3v) is 2.80. The SMILES string of the molecule is Cc1ccnc(-c2ccc3c(cnn3C)c2)n1. The second-order valence-corrected chi connectivity index (χ2v) is 4.06. The monoisotopic (exact) mass is 224 g/mol. The lowest BCUT2D eigenvalue weighted by Gasteiger charge is -2.01. The molecule has 0 amide bonds. The zero-order valence-electron chi connectivity index (χ0n) is 9.75. The highest BCUT2D eigenvalue weighted by Crippen LogP contribution is 2.21. The average Bonchev–Trinajstić information content (AvgIpc) is 2.71. The zero-order valence-corrected chi connectivity index (χ0v) is 9.75. The Morgan fingerprint density at radius 3 is 2.88 bits per heavy atom. The van der Waals surface area contributed by atoms with Crippen molar-refractivity contribution >= 4 is 10.9 Å². The summed E-state index contributed by atoms with van der Waals surface area (Å²) in [7, 11) is 1.94. The number of benzene rings is 1. The van der Waals surface area contributed by atoms with Crippen LogP contribution < -0.4 is 0 Å². The van der Waals surface area contributed by atoms with Gasteiger partial charge in [0.05, 0.1) is 11.7 Å². The number of rotatable bonds is 1. The summed E-state index contributed by atoms with van der Waals surface area (Å²) in [6.45, 7) is 1.97. The second-order valence-electron chi connectivity index (χ2n) is 4.06. The minimum Gasteiger partial charge on any atom is -0.268 e. The van der Waals surface area contributed by atoms with Crippen LogP contribution in [0.3, 0.4) is 0 Å². The minimum atomic E-state index is 0.760. The molecule has 0 N–H and O–H groups in total. The average molecular weight is 224 g/mol.